The maximum Gasteiger partial charge on any atom is 0.472 e. The van der Waals surface area contributed by atoms with Crippen LogP contribution in [0.25, 0.3) is 0 Å². The van der Waals surface area contributed by atoms with Gasteiger partial charge >= 0.3 is 39.5 Å². The molecule has 0 aliphatic rings. The second-order valence-electron chi connectivity index (χ2n) is 26.0. The van der Waals surface area contributed by atoms with Crippen molar-refractivity contribution in [2.24, 2.45) is 11.8 Å². The highest BCUT2D eigenvalue weighted by molar-refractivity contribution is 7.47. The van der Waals surface area contributed by atoms with Gasteiger partial charge in [-0.1, -0.05) is 305 Å². The fraction of sp³-hybridized carbons (Fsp3) is 0.943. The summed E-state index contributed by atoms with van der Waals surface area (Å²) in [6.45, 7) is 9.52. The average Bonchev–Trinajstić information content (AvgIpc) is 3.72. The summed E-state index contributed by atoms with van der Waals surface area (Å²) in [6, 6.07) is 0. The average molecular weight is 1310 g/mol. The van der Waals surface area contributed by atoms with Gasteiger partial charge in [-0.25, -0.2) is 9.13 Å². The van der Waals surface area contributed by atoms with E-state index in [1.165, 1.54) is 161 Å². The van der Waals surface area contributed by atoms with Crippen molar-refractivity contribution in [3.8, 4) is 0 Å². The van der Waals surface area contributed by atoms with Gasteiger partial charge < -0.3 is 33.8 Å². The highest BCUT2D eigenvalue weighted by Gasteiger charge is 2.30. The van der Waals surface area contributed by atoms with Gasteiger partial charge in [0, 0.05) is 25.7 Å². The maximum atomic E-state index is 13.0. The zero-order valence-corrected chi connectivity index (χ0v) is 59.5. The maximum absolute atomic E-state index is 13.0. The molecule has 0 rings (SSSR count). The van der Waals surface area contributed by atoms with Crippen LogP contribution in [-0.2, 0) is 65.4 Å². The molecular formula is C70H136O17P2. The van der Waals surface area contributed by atoms with Gasteiger partial charge in [0.05, 0.1) is 26.4 Å². The van der Waals surface area contributed by atoms with Crippen molar-refractivity contribution in [3.05, 3.63) is 0 Å². The van der Waals surface area contributed by atoms with Gasteiger partial charge in [0.2, 0.25) is 0 Å². The molecule has 0 saturated heterocycles. The first kappa shape index (κ1) is 87.1. The van der Waals surface area contributed by atoms with Crippen molar-refractivity contribution >= 4 is 39.5 Å². The summed E-state index contributed by atoms with van der Waals surface area (Å²) < 4.78 is 68.1. The largest absolute Gasteiger partial charge is 0.472 e. The predicted octanol–water partition coefficient (Wildman–Crippen LogP) is 20.0. The molecule has 0 aromatic carbocycles. The molecule has 0 heterocycles. The Labute approximate surface area is 543 Å². The third-order valence-electron chi connectivity index (χ3n) is 16.6. The number of phosphoric acid groups is 2. The molecule has 0 amide bonds. The molecule has 89 heavy (non-hydrogen) atoms. The summed E-state index contributed by atoms with van der Waals surface area (Å²) in [4.78, 5) is 72.3. The van der Waals surface area contributed by atoms with Crippen LogP contribution in [-0.4, -0.2) is 96.7 Å². The first-order valence-electron chi connectivity index (χ1n) is 36.5. The van der Waals surface area contributed by atoms with Crippen molar-refractivity contribution < 1.29 is 80.2 Å². The predicted molar refractivity (Wildman–Crippen MR) is 358 cm³/mol. The SMILES string of the molecule is CCCCCCCCCCCC(=O)O[C@H](COC(=O)CCCCCCCCC)COP(=O)(O)OC[C@H](O)COP(=O)(O)OC[C@@H](COC(=O)CCCCCCCCCCC(C)C)OC(=O)CCCCCCCCCCCCCCCCCCCCC(C)CC. The van der Waals surface area contributed by atoms with E-state index in [0.717, 1.165) is 115 Å². The smallest absolute Gasteiger partial charge is 0.462 e. The van der Waals surface area contributed by atoms with Gasteiger partial charge in [-0.05, 0) is 37.5 Å². The van der Waals surface area contributed by atoms with E-state index in [4.69, 9.17) is 37.0 Å². The fourth-order valence-electron chi connectivity index (χ4n) is 10.6. The Balaban J connectivity index is 5.10. The van der Waals surface area contributed by atoms with Crippen molar-refractivity contribution in [1.29, 1.82) is 0 Å². The Morgan fingerprint density at radius 1 is 0.326 bits per heavy atom. The molecule has 6 atom stereocenters. The molecule has 19 heteroatoms. The van der Waals surface area contributed by atoms with Gasteiger partial charge in [-0.3, -0.25) is 37.3 Å². The summed E-state index contributed by atoms with van der Waals surface area (Å²) in [5, 5.41) is 10.6. The number of esters is 4. The topological polar surface area (TPSA) is 237 Å². The first-order valence-corrected chi connectivity index (χ1v) is 39.5. The summed E-state index contributed by atoms with van der Waals surface area (Å²) in [6.07, 6.45) is 47.5. The third-order valence-corrected chi connectivity index (χ3v) is 18.5. The van der Waals surface area contributed by atoms with Crippen LogP contribution in [0.15, 0.2) is 0 Å². The molecule has 0 saturated carbocycles. The number of phosphoric ester groups is 2. The zero-order valence-electron chi connectivity index (χ0n) is 57.7. The van der Waals surface area contributed by atoms with Crippen LogP contribution in [0.3, 0.4) is 0 Å². The molecule has 0 bridgehead atoms. The van der Waals surface area contributed by atoms with Crippen molar-refractivity contribution in [3.63, 3.8) is 0 Å². The lowest BCUT2D eigenvalue weighted by Crippen LogP contribution is -2.30. The molecule has 0 aromatic rings. The number of ether oxygens (including phenoxy) is 4. The molecule has 0 aliphatic carbocycles. The highest BCUT2D eigenvalue weighted by Crippen LogP contribution is 2.45. The van der Waals surface area contributed by atoms with Gasteiger partial charge in [-0.15, -0.1) is 0 Å². The van der Waals surface area contributed by atoms with Gasteiger partial charge in [-0.2, -0.15) is 0 Å². The molecule has 17 nitrogen and oxygen atoms in total. The lowest BCUT2D eigenvalue weighted by Gasteiger charge is -2.21. The fourth-order valence-corrected chi connectivity index (χ4v) is 12.1. The quantitative estimate of drug-likeness (QED) is 0.0222. The summed E-state index contributed by atoms with van der Waals surface area (Å²) in [5.41, 5.74) is 0. The molecule has 528 valence electrons. The van der Waals surface area contributed by atoms with Crippen LogP contribution in [0.1, 0.15) is 356 Å². The Kier molecular flexibility index (Phi) is 60.8. The number of carbonyl (C=O) groups is 4. The third kappa shape index (κ3) is 63.2. The monoisotopic (exact) mass is 1310 g/mol. The number of carbonyl (C=O) groups excluding carboxylic acids is 4. The van der Waals surface area contributed by atoms with E-state index in [0.29, 0.717) is 25.7 Å². The van der Waals surface area contributed by atoms with Gasteiger partial charge in [0.15, 0.2) is 12.2 Å². The van der Waals surface area contributed by atoms with Crippen LogP contribution >= 0.6 is 15.6 Å². The second kappa shape index (κ2) is 62.2. The molecule has 3 unspecified atom stereocenters. The Morgan fingerprint density at radius 3 is 0.854 bits per heavy atom. The summed E-state index contributed by atoms with van der Waals surface area (Å²) >= 11 is 0. The normalized spacial score (nSPS) is 14.4. The number of aliphatic hydroxyl groups is 1. The number of rotatable bonds is 69. The van der Waals surface area contributed by atoms with Crippen LogP contribution in [0, 0.1) is 11.8 Å². The van der Waals surface area contributed by atoms with Gasteiger partial charge in [0.25, 0.3) is 0 Å². The minimum atomic E-state index is -4.95. The number of unbranched alkanes of at least 4 members (excludes halogenated alkanes) is 38. The molecule has 0 aliphatic heterocycles. The molecule has 3 N–H and O–H groups in total. The molecule has 0 aromatic heterocycles. The lowest BCUT2D eigenvalue weighted by atomic mass is 9.99. The lowest BCUT2D eigenvalue weighted by molar-refractivity contribution is -0.161. The molecule has 0 fully saturated rings. The van der Waals surface area contributed by atoms with Crippen molar-refractivity contribution in [2.75, 3.05) is 39.6 Å². The van der Waals surface area contributed by atoms with Crippen molar-refractivity contribution in [1.82, 2.24) is 0 Å². The van der Waals surface area contributed by atoms with E-state index in [1.54, 1.807) is 0 Å². The Bertz CT molecular complexity index is 1740. The van der Waals surface area contributed by atoms with Crippen LogP contribution in [0.5, 0.6) is 0 Å². The Hall–Kier alpha value is -1.94. The van der Waals surface area contributed by atoms with Gasteiger partial charge in [0.1, 0.15) is 19.3 Å². The van der Waals surface area contributed by atoms with E-state index < -0.39 is 97.5 Å². The van der Waals surface area contributed by atoms with E-state index in [9.17, 15) is 43.2 Å². The van der Waals surface area contributed by atoms with E-state index in [1.807, 2.05) is 0 Å². The van der Waals surface area contributed by atoms with Crippen LogP contribution in [0.2, 0.25) is 0 Å². The highest BCUT2D eigenvalue weighted by atomic mass is 31.2. The van der Waals surface area contributed by atoms with Crippen LogP contribution in [0.4, 0.5) is 0 Å². The summed E-state index contributed by atoms with van der Waals surface area (Å²) in [7, 11) is -9.89. The van der Waals surface area contributed by atoms with E-state index in [-0.39, 0.29) is 25.7 Å². The van der Waals surface area contributed by atoms with E-state index >= 15 is 0 Å². The zero-order chi connectivity index (χ0) is 65.7. The molecule has 0 radical (unpaired) electrons. The Morgan fingerprint density at radius 2 is 0.573 bits per heavy atom. The molecule has 0 spiro atoms. The second-order valence-corrected chi connectivity index (χ2v) is 28.9. The van der Waals surface area contributed by atoms with Crippen molar-refractivity contribution in [2.45, 2.75) is 374 Å². The minimum absolute atomic E-state index is 0.105. The standard InChI is InChI=1S/C70H136O17P2/c1-7-10-12-14-16-27-36-42-48-54-69(74)86-65(58-80-67(72)52-46-40-32-15-13-11-8-2)60-84-88(76,77)82-56-64(71)57-83-89(78,79)85-61-66(59-81-68(73)53-47-41-35-31-30-33-38-44-50-62(4)5)87-70(75)55-49-43-37-29-26-24-22-20-18-17-19-21-23-25-28-34-39-45-51-63(6)9-3/h62-66,71H,7-61H2,1-6H3,(H,76,77)(H,78,79)/t63?,64-,65+,66+/m0/s1. The number of hydrogen-bond donors (Lipinski definition) is 3. The summed E-state index contributed by atoms with van der Waals surface area (Å²) in [5.74, 6) is -0.535. The number of hydrogen-bond acceptors (Lipinski definition) is 15. The van der Waals surface area contributed by atoms with E-state index in [2.05, 4.69) is 41.5 Å². The first-order chi connectivity index (χ1) is 42.9. The minimum Gasteiger partial charge on any atom is -0.462 e. The number of aliphatic hydroxyl groups excluding tert-OH is 1. The molecular weight excluding hydrogens is 1170 g/mol. The van der Waals surface area contributed by atoms with Crippen LogP contribution < -0.4 is 0 Å².